The van der Waals surface area contributed by atoms with Gasteiger partial charge in [-0.3, -0.25) is 0 Å². The lowest BCUT2D eigenvalue weighted by Crippen LogP contribution is -2.28. The first-order valence-corrected chi connectivity index (χ1v) is 4.91. The lowest BCUT2D eigenvalue weighted by molar-refractivity contribution is 0.0319. The van der Waals surface area contributed by atoms with Crippen LogP contribution >= 0.6 is 0 Å². The lowest BCUT2D eigenvalue weighted by Gasteiger charge is -2.21. The molecule has 1 N–H and O–H groups in total. The lowest BCUT2D eigenvalue weighted by atomic mass is 9.94. The molecular weight excluding hydrogens is 168 g/mol. The minimum absolute atomic E-state index is 0.153. The van der Waals surface area contributed by atoms with Gasteiger partial charge >= 0.3 is 0 Å². The van der Waals surface area contributed by atoms with Crippen molar-refractivity contribution in [2.24, 2.45) is 5.92 Å². The molecule has 74 valence electrons. The Morgan fingerprint density at radius 2 is 2.38 bits per heavy atom. The third kappa shape index (κ3) is 1.71. The van der Waals surface area contributed by atoms with Crippen molar-refractivity contribution in [1.29, 1.82) is 0 Å². The fourth-order valence-corrected chi connectivity index (χ4v) is 2.02. The van der Waals surface area contributed by atoms with Crippen LogP contribution in [0.3, 0.4) is 0 Å². The first kappa shape index (κ1) is 9.03. The minimum atomic E-state index is -0.458. The van der Waals surface area contributed by atoms with Gasteiger partial charge in [-0.05, 0) is 19.4 Å². The van der Waals surface area contributed by atoms with E-state index in [1.807, 2.05) is 13.0 Å². The van der Waals surface area contributed by atoms with Crippen LogP contribution in [0.4, 0.5) is 0 Å². The van der Waals surface area contributed by atoms with Gasteiger partial charge in [0.15, 0.2) is 0 Å². The van der Waals surface area contributed by atoms with Crippen LogP contribution in [-0.4, -0.2) is 30.5 Å². The van der Waals surface area contributed by atoms with Crippen molar-refractivity contribution in [2.45, 2.75) is 32.0 Å². The minimum Gasteiger partial charge on any atom is -0.495 e. The quantitative estimate of drug-likeness (QED) is 0.697. The molecule has 2 aliphatic rings. The van der Waals surface area contributed by atoms with Crippen LogP contribution in [0.2, 0.25) is 0 Å². The first-order chi connectivity index (χ1) is 6.29. The summed E-state index contributed by atoms with van der Waals surface area (Å²) in [5.74, 6) is 0.965. The molecule has 0 bridgehead atoms. The van der Waals surface area contributed by atoms with E-state index < -0.39 is 6.10 Å². The summed E-state index contributed by atoms with van der Waals surface area (Å²) in [6, 6.07) is 0. The Kier molecular flexibility index (Phi) is 2.56. The Hall–Kier alpha value is -0.540. The van der Waals surface area contributed by atoms with Gasteiger partial charge in [0, 0.05) is 18.9 Å². The van der Waals surface area contributed by atoms with Crippen molar-refractivity contribution < 1.29 is 14.6 Å². The molecule has 1 saturated heterocycles. The predicted octanol–water partition coefficient (Wildman–Crippen LogP) is 1.08. The predicted molar refractivity (Wildman–Crippen MR) is 48.2 cm³/mol. The second-order valence-corrected chi connectivity index (χ2v) is 3.72. The molecule has 0 saturated carbocycles. The number of aliphatic hydroxyl groups excluding tert-OH is 1. The monoisotopic (exact) mass is 184 g/mol. The number of hydrogen-bond donors (Lipinski definition) is 1. The molecule has 0 aromatic carbocycles. The highest BCUT2D eigenvalue weighted by atomic mass is 16.5. The maximum absolute atomic E-state index is 9.95. The van der Waals surface area contributed by atoms with E-state index in [9.17, 15) is 5.11 Å². The fourth-order valence-electron chi connectivity index (χ4n) is 2.02. The van der Waals surface area contributed by atoms with Crippen molar-refractivity contribution in [1.82, 2.24) is 0 Å². The van der Waals surface area contributed by atoms with Gasteiger partial charge in [-0.1, -0.05) is 0 Å². The molecule has 3 nitrogen and oxygen atoms in total. The van der Waals surface area contributed by atoms with E-state index in [4.69, 9.17) is 9.47 Å². The topological polar surface area (TPSA) is 38.7 Å². The summed E-state index contributed by atoms with van der Waals surface area (Å²) >= 11 is 0. The largest absolute Gasteiger partial charge is 0.495 e. The van der Waals surface area contributed by atoms with Crippen LogP contribution in [0.1, 0.15) is 19.8 Å². The zero-order chi connectivity index (χ0) is 9.26. The Morgan fingerprint density at radius 3 is 2.92 bits per heavy atom. The van der Waals surface area contributed by atoms with E-state index in [0.29, 0.717) is 6.61 Å². The maximum Gasteiger partial charge on any atom is 0.121 e. The molecule has 0 aromatic heterocycles. The molecule has 0 aromatic rings. The van der Waals surface area contributed by atoms with Crippen LogP contribution in [0.25, 0.3) is 0 Å². The van der Waals surface area contributed by atoms with Gasteiger partial charge in [-0.25, -0.2) is 0 Å². The summed E-state index contributed by atoms with van der Waals surface area (Å²) in [5.41, 5.74) is 0. The molecule has 0 aliphatic carbocycles. The smallest absolute Gasteiger partial charge is 0.121 e. The van der Waals surface area contributed by atoms with Crippen LogP contribution in [-0.2, 0) is 9.47 Å². The summed E-state index contributed by atoms with van der Waals surface area (Å²) in [7, 11) is 0. The molecule has 2 aliphatic heterocycles. The van der Waals surface area contributed by atoms with Gasteiger partial charge < -0.3 is 14.6 Å². The van der Waals surface area contributed by atoms with Crippen LogP contribution < -0.4 is 0 Å². The van der Waals surface area contributed by atoms with Gasteiger partial charge in [-0.15, -0.1) is 0 Å². The third-order valence-electron chi connectivity index (χ3n) is 2.86. The standard InChI is InChI=1S/C10H16O3/c1-7-8(4-6-12-7)10(11)9-3-2-5-13-9/h3,7-8,10-11H,2,4-6H2,1H3. The number of rotatable bonds is 2. The third-order valence-corrected chi connectivity index (χ3v) is 2.86. The van der Waals surface area contributed by atoms with Crippen molar-refractivity contribution in [2.75, 3.05) is 13.2 Å². The van der Waals surface area contributed by atoms with Crippen molar-refractivity contribution in [3.8, 4) is 0 Å². The molecule has 2 rings (SSSR count). The van der Waals surface area contributed by atoms with E-state index in [-0.39, 0.29) is 12.0 Å². The summed E-state index contributed by atoms with van der Waals surface area (Å²) in [5, 5.41) is 9.95. The number of ether oxygens (including phenoxy) is 2. The summed E-state index contributed by atoms with van der Waals surface area (Å²) in [6.45, 7) is 3.49. The van der Waals surface area contributed by atoms with E-state index in [1.165, 1.54) is 0 Å². The Bertz CT molecular complexity index is 212. The summed E-state index contributed by atoms with van der Waals surface area (Å²) in [6.07, 6.45) is 3.53. The SMILES string of the molecule is CC1OCCC1C(O)C1=CCCO1. The van der Waals surface area contributed by atoms with Gasteiger partial charge in [0.2, 0.25) is 0 Å². The molecular formula is C10H16O3. The van der Waals surface area contributed by atoms with Crippen molar-refractivity contribution in [3.05, 3.63) is 11.8 Å². The molecule has 3 heteroatoms. The van der Waals surface area contributed by atoms with Gasteiger partial charge in [0.1, 0.15) is 11.9 Å². The zero-order valence-electron chi connectivity index (χ0n) is 7.90. The molecule has 2 heterocycles. The molecule has 13 heavy (non-hydrogen) atoms. The van der Waals surface area contributed by atoms with Crippen LogP contribution in [0, 0.1) is 5.92 Å². The molecule has 0 spiro atoms. The average molecular weight is 184 g/mol. The summed E-state index contributed by atoms with van der Waals surface area (Å²) < 4.78 is 10.7. The second-order valence-electron chi connectivity index (χ2n) is 3.72. The Labute approximate surface area is 78.3 Å². The van der Waals surface area contributed by atoms with Crippen LogP contribution in [0.5, 0.6) is 0 Å². The van der Waals surface area contributed by atoms with E-state index in [2.05, 4.69) is 0 Å². The van der Waals surface area contributed by atoms with Gasteiger partial charge in [0.05, 0.1) is 12.7 Å². The first-order valence-electron chi connectivity index (χ1n) is 4.91. The van der Waals surface area contributed by atoms with Crippen molar-refractivity contribution in [3.63, 3.8) is 0 Å². The number of hydrogen-bond acceptors (Lipinski definition) is 3. The van der Waals surface area contributed by atoms with E-state index >= 15 is 0 Å². The Morgan fingerprint density at radius 1 is 1.54 bits per heavy atom. The van der Waals surface area contributed by atoms with E-state index in [1.54, 1.807) is 0 Å². The molecule has 3 atom stereocenters. The van der Waals surface area contributed by atoms with Crippen molar-refractivity contribution >= 4 is 0 Å². The second kappa shape index (κ2) is 3.68. The molecule has 3 unspecified atom stereocenters. The van der Waals surface area contributed by atoms with Gasteiger partial charge in [0.25, 0.3) is 0 Å². The van der Waals surface area contributed by atoms with E-state index in [0.717, 1.165) is 25.2 Å². The normalized spacial score (nSPS) is 35.7. The van der Waals surface area contributed by atoms with Crippen LogP contribution in [0.15, 0.2) is 11.8 Å². The number of aliphatic hydroxyl groups is 1. The fraction of sp³-hybridized carbons (Fsp3) is 0.800. The highest BCUT2D eigenvalue weighted by Crippen LogP contribution is 2.29. The molecule has 1 fully saturated rings. The zero-order valence-corrected chi connectivity index (χ0v) is 7.90. The van der Waals surface area contributed by atoms with Gasteiger partial charge in [-0.2, -0.15) is 0 Å². The highest BCUT2D eigenvalue weighted by Gasteiger charge is 2.34. The summed E-state index contributed by atoms with van der Waals surface area (Å²) in [4.78, 5) is 0. The molecule has 0 amide bonds. The Balaban J connectivity index is 1.99. The highest BCUT2D eigenvalue weighted by molar-refractivity contribution is 5.07. The average Bonchev–Trinajstić information content (AvgIpc) is 2.72. The molecule has 0 radical (unpaired) electrons. The maximum atomic E-state index is 9.95.